The van der Waals surface area contributed by atoms with E-state index >= 15 is 0 Å². The van der Waals surface area contributed by atoms with Crippen LogP contribution in [0.1, 0.15) is 265 Å². The number of rotatable bonds is 50. The molecule has 3 unspecified atom stereocenters. The van der Waals surface area contributed by atoms with Crippen molar-refractivity contribution in [1.82, 2.24) is 5.32 Å². The molecule has 3 atom stereocenters. The Kier molecular flexibility index (Phi) is 51.6. The van der Waals surface area contributed by atoms with Gasteiger partial charge in [0.05, 0.1) is 25.2 Å². The van der Waals surface area contributed by atoms with E-state index in [1.54, 1.807) is 6.08 Å². The summed E-state index contributed by atoms with van der Waals surface area (Å²) >= 11 is 0. The van der Waals surface area contributed by atoms with E-state index in [2.05, 4.69) is 99.0 Å². The van der Waals surface area contributed by atoms with Crippen molar-refractivity contribution in [2.24, 2.45) is 0 Å². The predicted octanol–water partition coefficient (Wildman–Crippen LogP) is 17.5. The molecule has 0 aliphatic rings. The third kappa shape index (κ3) is 49.3. The van der Waals surface area contributed by atoms with Crippen molar-refractivity contribution in [3.05, 3.63) is 85.1 Å². The maximum absolute atomic E-state index is 13.2. The molecule has 0 spiro atoms. The lowest BCUT2D eigenvalue weighted by Gasteiger charge is -2.23. The van der Waals surface area contributed by atoms with Crippen molar-refractivity contribution < 1.29 is 24.5 Å². The van der Waals surface area contributed by atoms with E-state index in [4.69, 9.17) is 4.74 Å². The van der Waals surface area contributed by atoms with Crippen LogP contribution in [0.2, 0.25) is 0 Å². The number of carbonyl (C=O) groups is 2. The number of amides is 1. The number of aliphatic hydroxyl groups excluding tert-OH is 2. The Hall–Kier alpha value is -2.96. The Morgan fingerprint density at radius 2 is 0.836 bits per heavy atom. The zero-order valence-corrected chi connectivity index (χ0v) is 44.0. The lowest BCUT2D eigenvalue weighted by Crippen LogP contribution is -2.46. The number of allylic oxidation sites excluding steroid dienone is 13. The van der Waals surface area contributed by atoms with Crippen molar-refractivity contribution in [2.45, 2.75) is 283 Å². The first-order chi connectivity index (χ1) is 33.0. The zero-order chi connectivity index (χ0) is 48.8. The average Bonchev–Trinajstić information content (AvgIpc) is 3.32. The molecule has 386 valence electrons. The van der Waals surface area contributed by atoms with Crippen LogP contribution in [0.3, 0.4) is 0 Å². The summed E-state index contributed by atoms with van der Waals surface area (Å²) in [4.78, 5) is 26.2. The molecule has 1 amide bonds. The van der Waals surface area contributed by atoms with Gasteiger partial charge in [0.15, 0.2) is 0 Å². The van der Waals surface area contributed by atoms with E-state index in [0.29, 0.717) is 19.3 Å². The van der Waals surface area contributed by atoms with Gasteiger partial charge in [-0.25, -0.2) is 0 Å². The highest BCUT2D eigenvalue weighted by molar-refractivity contribution is 5.78. The summed E-state index contributed by atoms with van der Waals surface area (Å²) in [5.41, 5.74) is 0. The van der Waals surface area contributed by atoms with E-state index in [1.807, 2.05) is 6.08 Å². The number of ether oxygens (including phenoxy) is 1. The van der Waals surface area contributed by atoms with Gasteiger partial charge in [0, 0.05) is 6.42 Å². The van der Waals surface area contributed by atoms with Gasteiger partial charge in [0.1, 0.15) is 6.10 Å². The summed E-state index contributed by atoms with van der Waals surface area (Å²) in [6.45, 7) is 6.32. The molecule has 0 heterocycles. The second-order valence-corrected chi connectivity index (χ2v) is 19.0. The molecule has 6 nitrogen and oxygen atoms in total. The Labute approximate surface area is 414 Å². The molecule has 0 saturated carbocycles. The number of unbranched alkanes of at least 4 members (excludes halogenated alkanes) is 26. The lowest BCUT2D eigenvalue weighted by molar-refractivity contribution is -0.148. The van der Waals surface area contributed by atoms with Crippen LogP contribution in [0.15, 0.2) is 85.1 Å². The molecule has 0 aliphatic carbocycles. The van der Waals surface area contributed by atoms with Crippen molar-refractivity contribution in [1.29, 1.82) is 0 Å². The van der Waals surface area contributed by atoms with E-state index < -0.39 is 18.2 Å². The standard InChI is InChI=1S/C61H107NO5/c1-4-7-10-13-16-19-22-25-28-29-30-31-33-36-39-42-45-48-51-54-61(66)67-57(52-49-46-43-40-37-34-27-24-21-18-15-12-9-6-3)55-60(65)62-58(56-63)59(64)53-50-47-44-41-38-35-32-26-23-20-17-14-11-8-5-2/h9,12,16,18-19,21,25,27-28,34,40,43,49,52,57-59,63-64H,4-8,10-11,13-15,17,20,22-24,26,29-33,35-39,41-42,44-48,50-51,53-56H2,1-3H3,(H,62,65)/b12-9+,19-16-,21-18+,28-25-,34-27+,43-40+,52-49+. The maximum Gasteiger partial charge on any atom is 0.306 e. The van der Waals surface area contributed by atoms with Gasteiger partial charge in [-0.3, -0.25) is 9.59 Å². The summed E-state index contributed by atoms with van der Waals surface area (Å²) in [7, 11) is 0. The molecule has 0 aromatic rings. The van der Waals surface area contributed by atoms with Gasteiger partial charge in [0.25, 0.3) is 0 Å². The molecule has 67 heavy (non-hydrogen) atoms. The predicted molar refractivity (Wildman–Crippen MR) is 291 cm³/mol. The van der Waals surface area contributed by atoms with Crippen LogP contribution < -0.4 is 5.32 Å². The van der Waals surface area contributed by atoms with Crippen LogP contribution >= 0.6 is 0 Å². The van der Waals surface area contributed by atoms with Crippen LogP contribution in [0.4, 0.5) is 0 Å². The summed E-state index contributed by atoms with van der Waals surface area (Å²) < 4.78 is 5.84. The van der Waals surface area contributed by atoms with Gasteiger partial charge in [0.2, 0.25) is 5.91 Å². The summed E-state index contributed by atoms with van der Waals surface area (Å²) in [5, 5.41) is 23.8. The van der Waals surface area contributed by atoms with E-state index in [1.165, 1.54) is 148 Å². The number of esters is 1. The minimum absolute atomic E-state index is 0.0501. The number of carbonyl (C=O) groups excluding carboxylic acids is 2. The minimum Gasteiger partial charge on any atom is -0.458 e. The number of aliphatic hydroxyl groups is 2. The highest BCUT2D eigenvalue weighted by Gasteiger charge is 2.23. The number of hydrogen-bond acceptors (Lipinski definition) is 5. The Balaban J connectivity index is 4.65. The van der Waals surface area contributed by atoms with E-state index in [-0.39, 0.29) is 24.9 Å². The van der Waals surface area contributed by atoms with E-state index in [0.717, 1.165) is 70.6 Å². The zero-order valence-electron chi connectivity index (χ0n) is 44.0. The number of hydrogen-bond donors (Lipinski definition) is 3. The maximum atomic E-state index is 13.2. The van der Waals surface area contributed by atoms with Gasteiger partial charge < -0.3 is 20.3 Å². The molecule has 0 bridgehead atoms. The summed E-state index contributed by atoms with van der Waals surface area (Å²) in [6, 6.07) is -0.747. The minimum atomic E-state index is -0.824. The third-order valence-electron chi connectivity index (χ3n) is 12.5. The van der Waals surface area contributed by atoms with Crippen LogP contribution in [-0.4, -0.2) is 46.9 Å². The highest BCUT2D eigenvalue weighted by atomic mass is 16.5. The normalized spacial score (nSPS) is 13.8. The molecule has 0 aromatic carbocycles. The van der Waals surface area contributed by atoms with E-state index in [9.17, 15) is 19.8 Å². The molecule has 3 N–H and O–H groups in total. The Morgan fingerprint density at radius 1 is 0.463 bits per heavy atom. The quantitative estimate of drug-likeness (QED) is 0.0321. The Bertz CT molecular complexity index is 1280. The molecule has 0 radical (unpaired) electrons. The Morgan fingerprint density at radius 3 is 1.30 bits per heavy atom. The summed E-state index contributed by atoms with van der Waals surface area (Å²) in [6.07, 6.45) is 71.1. The molecular formula is C61H107NO5. The first kappa shape index (κ1) is 64.0. The fraction of sp³-hybridized carbons (Fsp3) is 0.738. The first-order valence-electron chi connectivity index (χ1n) is 28.3. The van der Waals surface area contributed by atoms with Crippen molar-refractivity contribution >= 4 is 11.9 Å². The van der Waals surface area contributed by atoms with Crippen LogP contribution in [0.25, 0.3) is 0 Å². The second kappa shape index (κ2) is 54.0. The van der Waals surface area contributed by atoms with Crippen molar-refractivity contribution in [2.75, 3.05) is 6.61 Å². The molecule has 0 rings (SSSR count). The molecular weight excluding hydrogens is 827 g/mol. The topological polar surface area (TPSA) is 95.9 Å². The molecule has 6 heteroatoms. The average molecular weight is 935 g/mol. The largest absolute Gasteiger partial charge is 0.458 e. The SMILES string of the molecule is CC/C=C/C/C=C/C/C=C/C/C=C/C/C=C/C(CC(=O)NC(CO)C(O)CCCCCCCCCCCCCCCCC)OC(=O)CCCCCCCCCCC/C=C\C/C=C\CCCCC. The molecule has 0 fully saturated rings. The van der Waals surface area contributed by atoms with Crippen molar-refractivity contribution in [3.8, 4) is 0 Å². The van der Waals surface area contributed by atoms with Crippen molar-refractivity contribution in [3.63, 3.8) is 0 Å². The van der Waals surface area contributed by atoms with Gasteiger partial charge in [-0.05, 0) is 83.1 Å². The molecule has 0 aliphatic heterocycles. The number of nitrogens with one attached hydrogen (secondary N) is 1. The van der Waals surface area contributed by atoms with Gasteiger partial charge >= 0.3 is 5.97 Å². The monoisotopic (exact) mass is 934 g/mol. The highest BCUT2D eigenvalue weighted by Crippen LogP contribution is 2.16. The smallest absolute Gasteiger partial charge is 0.306 e. The third-order valence-corrected chi connectivity index (χ3v) is 12.5. The van der Waals surface area contributed by atoms with Gasteiger partial charge in [-0.2, -0.15) is 0 Å². The van der Waals surface area contributed by atoms with Crippen LogP contribution in [0, 0.1) is 0 Å². The van der Waals surface area contributed by atoms with Crippen LogP contribution in [0.5, 0.6) is 0 Å². The van der Waals surface area contributed by atoms with Gasteiger partial charge in [-0.15, -0.1) is 0 Å². The molecule has 0 saturated heterocycles. The second-order valence-electron chi connectivity index (χ2n) is 19.0. The van der Waals surface area contributed by atoms with Gasteiger partial charge in [-0.1, -0.05) is 254 Å². The lowest BCUT2D eigenvalue weighted by atomic mass is 10.0. The molecule has 0 aromatic heterocycles. The first-order valence-corrected chi connectivity index (χ1v) is 28.3. The fourth-order valence-electron chi connectivity index (χ4n) is 8.19. The fourth-order valence-corrected chi connectivity index (χ4v) is 8.19. The van der Waals surface area contributed by atoms with Crippen LogP contribution in [-0.2, 0) is 14.3 Å². The summed E-state index contributed by atoms with van der Waals surface area (Å²) in [5.74, 6) is -0.631.